The molecule has 5 heterocycles. The lowest BCUT2D eigenvalue weighted by atomic mass is 10.1. The molecule has 0 aromatic carbocycles. The number of ether oxygens (including phenoxy) is 1. The molecule has 0 bridgehead atoms. The number of aromatic nitrogens is 4. The number of Topliss-reactive ketones (excluding diaryl/α,β-unsaturated/α-hetero) is 1. The van der Waals surface area contributed by atoms with Crippen LogP contribution in [0.2, 0.25) is 10.3 Å². The third-order valence-electron chi connectivity index (χ3n) is 5.79. The normalized spacial score (nSPS) is 13.0. The molecule has 0 N–H and O–H groups in total. The van der Waals surface area contributed by atoms with E-state index in [1.54, 1.807) is 12.1 Å². The van der Waals surface area contributed by atoms with Gasteiger partial charge >= 0.3 is 5.97 Å². The van der Waals surface area contributed by atoms with Gasteiger partial charge in [0.1, 0.15) is 21.6 Å². The van der Waals surface area contributed by atoms with Gasteiger partial charge in [0, 0.05) is 35.1 Å². The molecule has 0 amide bonds. The van der Waals surface area contributed by atoms with Crippen molar-refractivity contribution >= 4 is 57.0 Å². The molecule has 1 aliphatic rings. The van der Waals surface area contributed by atoms with E-state index in [1.807, 2.05) is 23.6 Å². The molecule has 0 saturated heterocycles. The van der Waals surface area contributed by atoms with Crippen LogP contribution in [0.4, 0.5) is 0 Å². The summed E-state index contributed by atoms with van der Waals surface area (Å²) in [5.74, 6) is 0.100. The van der Waals surface area contributed by atoms with Gasteiger partial charge in [-0.1, -0.05) is 23.2 Å². The molecule has 1 aliphatic heterocycles. The van der Waals surface area contributed by atoms with Crippen LogP contribution in [0.1, 0.15) is 38.1 Å². The third-order valence-corrected chi connectivity index (χ3v) is 6.21. The van der Waals surface area contributed by atoms with Crippen LogP contribution in [0.5, 0.6) is 0 Å². The lowest BCUT2D eigenvalue weighted by molar-refractivity contribution is -0.143. The van der Waals surface area contributed by atoms with Crippen molar-refractivity contribution in [3.63, 3.8) is 0 Å². The van der Waals surface area contributed by atoms with E-state index in [4.69, 9.17) is 27.9 Å². The summed E-state index contributed by atoms with van der Waals surface area (Å²) >= 11 is 11.8. The SMILES string of the molecule is CCOC(=O)CCc1cc2ccc(Cl)nc2n1CC.O=C1CCc2cc3ccc(Cl)nc3n2C1. The Morgan fingerprint density at radius 2 is 1.68 bits per heavy atom. The van der Waals surface area contributed by atoms with Gasteiger partial charge in [0.25, 0.3) is 0 Å². The summed E-state index contributed by atoms with van der Waals surface area (Å²) in [6.07, 6.45) is 2.50. The largest absolute Gasteiger partial charge is 0.466 e. The summed E-state index contributed by atoms with van der Waals surface area (Å²) in [5, 5.41) is 3.06. The highest BCUT2D eigenvalue weighted by Crippen LogP contribution is 2.24. The van der Waals surface area contributed by atoms with Gasteiger partial charge in [-0.2, -0.15) is 0 Å². The lowest BCUT2D eigenvalue weighted by Gasteiger charge is -2.14. The standard InChI is InChI=1S/C14H17ClN2O2.C11H9ClN2O/c1-3-17-11(6-8-13(18)19-4-2)9-10-5-7-12(15)16-14(10)17;12-10-4-1-7-5-8-2-3-9(15)6-14(8)11(7)13-10/h5,7,9H,3-4,6,8H2,1-2H3;1,4-5H,2-3,6H2. The molecule has 4 aromatic heterocycles. The minimum atomic E-state index is -0.165. The molecule has 4 aromatic rings. The summed E-state index contributed by atoms with van der Waals surface area (Å²) in [6, 6.07) is 11.6. The molecule has 0 fully saturated rings. The van der Waals surface area contributed by atoms with Crippen molar-refractivity contribution in [1.82, 2.24) is 19.1 Å². The topological polar surface area (TPSA) is 79.0 Å². The number of fused-ring (bicyclic) bond motifs is 4. The van der Waals surface area contributed by atoms with Crippen LogP contribution in [0.15, 0.2) is 36.4 Å². The fourth-order valence-electron chi connectivity index (χ4n) is 4.25. The fourth-order valence-corrected chi connectivity index (χ4v) is 4.53. The van der Waals surface area contributed by atoms with E-state index in [0.29, 0.717) is 42.7 Å². The van der Waals surface area contributed by atoms with E-state index in [0.717, 1.165) is 40.7 Å². The summed E-state index contributed by atoms with van der Waals surface area (Å²) in [7, 11) is 0. The van der Waals surface area contributed by atoms with E-state index in [9.17, 15) is 9.59 Å². The number of halogens is 2. The molecule has 5 rings (SSSR count). The number of rotatable bonds is 5. The van der Waals surface area contributed by atoms with Gasteiger partial charge in [-0.25, -0.2) is 9.97 Å². The van der Waals surface area contributed by atoms with Gasteiger partial charge in [0.2, 0.25) is 0 Å². The van der Waals surface area contributed by atoms with Crippen molar-refractivity contribution in [2.75, 3.05) is 6.61 Å². The first-order valence-corrected chi connectivity index (χ1v) is 12.1. The average molecular weight is 501 g/mol. The van der Waals surface area contributed by atoms with E-state index in [1.165, 1.54) is 5.69 Å². The monoisotopic (exact) mass is 500 g/mol. The lowest BCUT2D eigenvalue weighted by Crippen LogP contribution is -2.19. The molecule has 0 unspecified atom stereocenters. The molecular formula is C25H26Cl2N4O3. The van der Waals surface area contributed by atoms with E-state index < -0.39 is 0 Å². The summed E-state index contributed by atoms with van der Waals surface area (Å²) in [4.78, 5) is 31.4. The van der Waals surface area contributed by atoms with Crippen molar-refractivity contribution in [3.8, 4) is 0 Å². The van der Waals surface area contributed by atoms with Crippen LogP contribution in [0.3, 0.4) is 0 Å². The zero-order chi connectivity index (χ0) is 24.2. The number of pyridine rings is 2. The fraction of sp³-hybridized carbons (Fsp3) is 0.360. The molecule has 0 saturated carbocycles. The van der Waals surface area contributed by atoms with Gasteiger partial charge in [-0.15, -0.1) is 0 Å². The maximum absolute atomic E-state index is 11.4. The first-order valence-electron chi connectivity index (χ1n) is 11.4. The third kappa shape index (κ3) is 5.26. The summed E-state index contributed by atoms with van der Waals surface area (Å²) < 4.78 is 8.99. The van der Waals surface area contributed by atoms with Gasteiger partial charge in [0.05, 0.1) is 19.6 Å². The smallest absolute Gasteiger partial charge is 0.306 e. The predicted octanol–water partition coefficient (Wildman–Crippen LogP) is 5.41. The van der Waals surface area contributed by atoms with Crippen LogP contribution >= 0.6 is 23.2 Å². The van der Waals surface area contributed by atoms with Gasteiger partial charge in [-0.3, -0.25) is 9.59 Å². The van der Waals surface area contributed by atoms with Crippen LogP contribution in [-0.2, 0) is 40.3 Å². The number of esters is 1. The zero-order valence-corrected chi connectivity index (χ0v) is 20.7. The predicted molar refractivity (Wildman–Crippen MR) is 133 cm³/mol. The number of ketones is 1. The Kier molecular flexibility index (Phi) is 7.54. The minimum absolute atomic E-state index is 0.165. The summed E-state index contributed by atoms with van der Waals surface area (Å²) in [5.41, 5.74) is 3.96. The van der Waals surface area contributed by atoms with Crippen LogP contribution in [0, 0.1) is 0 Å². The Labute approximate surface area is 207 Å². The Morgan fingerprint density at radius 3 is 2.35 bits per heavy atom. The van der Waals surface area contributed by atoms with Gasteiger partial charge in [0.15, 0.2) is 5.78 Å². The second-order valence-corrected chi connectivity index (χ2v) is 8.81. The van der Waals surface area contributed by atoms with Crippen LogP contribution in [0.25, 0.3) is 22.1 Å². The second kappa shape index (κ2) is 10.6. The number of aryl methyl sites for hydroxylation is 3. The highest BCUT2D eigenvalue weighted by atomic mass is 35.5. The highest BCUT2D eigenvalue weighted by molar-refractivity contribution is 6.30. The maximum Gasteiger partial charge on any atom is 0.306 e. The Balaban J connectivity index is 0.000000165. The molecule has 0 aliphatic carbocycles. The number of hydrogen-bond acceptors (Lipinski definition) is 5. The molecule has 7 nitrogen and oxygen atoms in total. The van der Waals surface area contributed by atoms with E-state index in [-0.39, 0.29) is 11.8 Å². The Hall–Kier alpha value is -2.90. The van der Waals surface area contributed by atoms with Crippen molar-refractivity contribution in [2.24, 2.45) is 0 Å². The molecule has 34 heavy (non-hydrogen) atoms. The summed E-state index contributed by atoms with van der Waals surface area (Å²) in [6.45, 7) is 5.52. The van der Waals surface area contributed by atoms with Crippen molar-refractivity contribution in [3.05, 3.63) is 58.1 Å². The van der Waals surface area contributed by atoms with Crippen LogP contribution in [-0.4, -0.2) is 37.5 Å². The first kappa shape index (κ1) is 24.2. The van der Waals surface area contributed by atoms with E-state index >= 15 is 0 Å². The maximum atomic E-state index is 11.4. The number of carbonyl (C=O) groups is 2. The minimum Gasteiger partial charge on any atom is -0.466 e. The van der Waals surface area contributed by atoms with Crippen molar-refractivity contribution < 1.29 is 14.3 Å². The van der Waals surface area contributed by atoms with Gasteiger partial charge < -0.3 is 13.9 Å². The quantitative estimate of drug-likeness (QED) is 0.270. The molecular weight excluding hydrogens is 475 g/mol. The zero-order valence-electron chi connectivity index (χ0n) is 19.2. The highest BCUT2D eigenvalue weighted by Gasteiger charge is 2.18. The number of hydrogen-bond donors (Lipinski definition) is 0. The molecule has 0 radical (unpaired) electrons. The second-order valence-electron chi connectivity index (χ2n) is 8.04. The average Bonchev–Trinajstić information content (AvgIpc) is 3.35. The Bertz CT molecular complexity index is 1360. The number of nitrogens with zero attached hydrogens (tertiary/aromatic N) is 4. The molecule has 178 valence electrons. The number of carbonyl (C=O) groups excluding carboxylic acids is 2. The van der Waals surface area contributed by atoms with E-state index in [2.05, 4.69) is 33.6 Å². The Morgan fingerprint density at radius 1 is 1.00 bits per heavy atom. The molecule has 9 heteroatoms. The first-order chi connectivity index (χ1) is 16.4. The van der Waals surface area contributed by atoms with Crippen molar-refractivity contribution in [2.45, 2.75) is 52.6 Å². The van der Waals surface area contributed by atoms with Gasteiger partial charge in [-0.05, 0) is 63.1 Å². The molecule has 0 spiro atoms. The molecule has 0 atom stereocenters. The van der Waals surface area contributed by atoms with Crippen LogP contribution < -0.4 is 0 Å². The van der Waals surface area contributed by atoms with Crippen molar-refractivity contribution in [1.29, 1.82) is 0 Å².